The summed E-state index contributed by atoms with van der Waals surface area (Å²) in [5.74, 6) is -0.321. The summed E-state index contributed by atoms with van der Waals surface area (Å²) in [4.78, 5) is 33.3. The number of nitrogens with one attached hydrogen (secondary N) is 3. The minimum atomic E-state index is -0.419. The minimum Gasteiger partial charge on any atom is -0.354 e. The first-order valence-electron chi connectivity index (χ1n) is 5.30. The van der Waals surface area contributed by atoms with Crippen molar-refractivity contribution in [2.24, 2.45) is 0 Å². The Morgan fingerprint density at radius 2 is 2.00 bits per heavy atom. The lowest BCUT2D eigenvalue weighted by Crippen LogP contribution is -2.35. The van der Waals surface area contributed by atoms with Crippen LogP contribution >= 0.6 is 11.6 Å². The monoisotopic (exact) mass is 272 g/mol. The normalized spacial score (nSPS) is 9.83. The van der Waals surface area contributed by atoms with Crippen molar-refractivity contribution in [3.05, 3.63) is 28.2 Å². The van der Waals surface area contributed by atoms with Crippen molar-refractivity contribution < 1.29 is 9.59 Å². The quantitative estimate of drug-likeness (QED) is 0.468. The minimum absolute atomic E-state index is 0.113. The molecule has 1 rings (SSSR count). The van der Waals surface area contributed by atoms with Crippen LogP contribution in [0.4, 0.5) is 0 Å². The van der Waals surface area contributed by atoms with Gasteiger partial charge in [0.15, 0.2) is 0 Å². The first kappa shape index (κ1) is 14.2. The number of carbonyl (C=O) groups excluding carboxylic acids is 2. The van der Waals surface area contributed by atoms with Crippen LogP contribution in [0, 0.1) is 0 Å². The molecular weight excluding hydrogens is 260 g/mol. The molecule has 0 aliphatic rings. The van der Waals surface area contributed by atoms with E-state index in [1.807, 2.05) is 0 Å². The fourth-order valence-corrected chi connectivity index (χ4v) is 1.29. The molecule has 0 atom stereocenters. The van der Waals surface area contributed by atoms with Crippen molar-refractivity contribution in [1.29, 1.82) is 0 Å². The number of aromatic amines is 1. The van der Waals surface area contributed by atoms with Gasteiger partial charge in [-0.2, -0.15) is 5.10 Å². The van der Waals surface area contributed by atoms with Crippen LogP contribution < -0.4 is 16.2 Å². The third kappa shape index (κ3) is 4.96. The first-order chi connectivity index (χ1) is 8.63. The molecule has 0 radical (unpaired) electrons. The number of amides is 2. The fourth-order valence-electron chi connectivity index (χ4n) is 1.11. The molecule has 3 N–H and O–H groups in total. The van der Waals surface area contributed by atoms with Crippen molar-refractivity contribution in [1.82, 2.24) is 20.8 Å². The van der Waals surface area contributed by atoms with Crippen LogP contribution in [0.2, 0.25) is 0 Å². The van der Waals surface area contributed by atoms with E-state index in [-0.39, 0.29) is 36.0 Å². The zero-order valence-corrected chi connectivity index (χ0v) is 10.3. The van der Waals surface area contributed by atoms with Crippen LogP contribution in [0.25, 0.3) is 0 Å². The van der Waals surface area contributed by atoms with Gasteiger partial charge >= 0.3 is 0 Å². The van der Waals surface area contributed by atoms with Crippen LogP contribution in [0.5, 0.6) is 0 Å². The van der Waals surface area contributed by atoms with Crippen LogP contribution in [-0.2, 0) is 4.79 Å². The van der Waals surface area contributed by atoms with Crippen molar-refractivity contribution in [3.8, 4) is 0 Å². The molecule has 0 unspecified atom stereocenters. The molecule has 0 aliphatic heterocycles. The summed E-state index contributed by atoms with van der Waals surface area (Å²) in [6, 6.07) is 2.53. The lowest BCUT2D eigenvalue weighted by molar-refractivity contribution is -0.120. The molecule has 8 heteroatoms. The Morgan fingerprint density at radius 3 is 2.61 bits per heavy atom. The van der Waals surface area contributed by atoms with Gasteiger partial charge in [-0.15, -0.1) is 11.6 Å². The maximum atomic E-state index is 11.5. The third-order valence-electron chi connectivity index (χ3n) is 1.97. The van der Waals surface area contributed by atoms with E-state index in [0.717, 1.165) is 0 Å². The zero-order chi connectivity index (χ0) is 13.4. The van der Waals surface area contributed by atoms with Crippen LogP contribution in [0.3, 0.4) is 0 Å². The summed E-state index contributed by atoms with van der Waals surface area (Å²) >= 11 is 5.38. The van der Waals surface area contributed by atoms with Crippen LogP contribution in [0.1, 0.15) is 16.9 Å². The molecule has 0 saturated heterocycles. The molecule has 1 aromatic heterocycles. The Hall–Kier alpha value is -1.89. The number of hydrogen-bond acceptors (Lipinski definition) is 4. The highest BCUT2D eigenvalue weighted by atomic mass is 35.5. The van der Waals surface area contributed by atoms with Gasteiger partial charge in [0.2, 0.25) is 5.91 Å². The molecular formula is C10H13ClN4O3. The van der Waals surface area contributed by atoms with E-state index in [1.165, 1.54) is 12.1 Å². The molecule has 98 valence electrons. The molecule has 0 spiro atoms. The van der Waals surface area contributed by atoms with Gasteiger partial charge < -0.3 is 10.6 Å². The van der Waals surface area contributed by atoms with Gasteiger partial charge in [0.05, 0.1) is 0 Å². The number of aromatic nitrogens is 2. The second kappa shape index (κ2) is 7.44. The number of carbonyl (C=O) groups is 2. The highest BCUT2D eigenvalue weighted by Gasteiger charge is 2.06. The number of rotatable bonds is 6. The van der Waals surface area contributed by atoms with Gasteiger partial charge in [0, 0.05) is 31.5 Å². The van der Waals surface area contributed by atoms with Gasteiger partial charge in [0.25, 0.3) is 11.5 Å². The van der Waals surface area contributed by atoms with Crippen LogP contribution in [-0.4, -0.2) is 41.0 Å². The smallest absolute Gasteiger partial charge is 0.271 e. The molecule has 0 aromatic carbocycles. The van der Waals surface area contributed by atoms with Crippen molar-refractivity contribution in [3.63, 3.8) is 0 Å². The lowest BCUT2D eigenvalue weighted by Gasteiger charge is -2.05. The average Bonchev–Trinajstić information content (AvgIpc) is 2.35. The number of hydrogen-bond donors (Lipinski definition) is 3. The topological polar surface area (TPSA) is 104 Å². The van der Waals surface area contributed by atoms with E-state index in [2.05, 4.69) is 20.8 Å². The maximum absolute atomic E-state index is 11.5. The van der Waals surface area contributed by atoms with Gasteiger partial charge in [-0.25, -0.2) is 5.10 Å². The van der Waals surface area contributed by atoms with Crippen LogP contribution in [0.15, 0.2) is 16.9 Å². The molecule has 1 heterocycles. The van der Waals surface area contributed by atoms with E-state index in [9.17, 15) is 14.4 Å². The number of halogens is 1. The van der Waals surface area contributed by atoms with Crippen molar-refractivity contribution >= 4 is 23.4 Å². The summed E-state index contributed by atoms with van der Waals surface area (Å²) in [6.07, 6.45) is 0.247. The second-order valence-electron chi connectivity index (χ2n) is 3.35. The fraction of sp³-hybridized carbons (Fsp3) is 0.400. The Labute approximate surface area is 108 Å². The van der Waals surface area contributed by atoms with Gasteiger partial charge in [-0.1, -0.05) is 0 Å². The Kier molecular flexibility index (Phi) is 5.86. The van der Waals surface area contributed by atoms with Gasteiger partial charge in [0.1, 0.15) is 5.69 Å². The van der Waals surface area contributed by atoms with E-state index >= 15 is 0 Å². The molecule has 0 saturated carbocycles. The molecule has 0 bridgehead atoms. The predicted molar refractivity (Wildman–Crippen MR) is 65.5 cm³/mol. The van der Waals surface area contributed by atoms with E-state index in [1.54, 1.807) is 0 Å². The SMILES string of the molecule is O=C(CCCl)NCCNC(=O)c1ccc(=O)[nH]n1. The van der Waals surface area contributed by atoms with Gasteiger partial charge in [-0.05, 0) is 6.07 Å². The Balaban J connectivity index is 2.27. The molecule has 7 nitrogen and oxygen atoms in total. The largest absolute Gasteiger partial charge is 0.354 e. The Bertz CT molecular complexity index is 454. The summed E-state index contributed by atoms with van der Waals surface area (Å²) in [7, 11) is 0. The molecule has 2 amide bonds. The second-order valence-corrected chi connectivity index (χ2v) is 3.73. The zero-order valence-electron chi connectivity index (χ0n) is 9.53. The number of H-pyrrole nitrogens is 1. The number of nitrogens with zero attached hydrogens (tertiary/aromatic N) is 1. The highest BCUT2D eigenvalue weighted by molar-refractivity contribution is 6.18. The van der Waals surface area contributed by atoms with E-state index in [0.29, 0.717) is 6.54 Å². The predicted octanol–water partition coefficient (Wildman–Crippen LogP) is -0.755. The maximum Gasteiger partial charge on any atom is 0.271 e. The standard InChI is InChI=1S/C10H13ClN4O3/c11-4-3-8(16)12-5-6-13-10(18)7-1-2-9(17)15-14-7/h1-2H,3-6H2,(H,12,16)(H,13,18)(H,15,17). The van der Waals surface area contributed by atoms with Crippen molar-refractivity contribution in [2.45, 2.75) is 6.42 Å². The summed E-state index contributed by atoms with van der Waals surface area (Å²) in [6.45, 7) is 0.582. The van der Waals surface area contributed by atoms with E-state index < -0.39 is 5.91 Å². The Morgan fingerprint density at radius 1 is 1.28 bits per heavy atom. The molecule has 18 heavy (non-hydrogen) atoms. The summed E-state index contributed by atoms with van der Waals surface area (Å²) < 4.78 is 0. The lowest BCUT2D eigenvalue weighted by atomic mass is 10.3. The highest BCUT2D eigenvalue weighted by Crippen LogP contribution is 1.87. The third-order valence-corrected chi connectivity index (χ3v) is 2.16. The molecule has 0 fully saturated rings. The van der Waals surface area contributed by atoms with Gasteiger partial charge in [-0.3, -0.25) is 14.4 Å². The summed E-state index contributed by atoms with van der Waals surface area (Å²) in [5.41, 5.74) is -0.262. The summed E-state index contributed by atoms with van der Waals surface area (Å²) in [5, 5.41) is 10.9. The molecule has 1 aromatic rings. The average molecular weight is 273 g/mol. The molecule has 0 aliphatic carbocycles. The first-order valence-corrected chi connectivity index (χ1v) is 5.83. The van der Waals surface area contributed by atoms with E-state index in [4.69, 9.17) is 11.6 Å². The van der Waals surface area contributed by atoms with Crippen molar-refractivity contribution in [2.75, 3.05) is 19.0 Å². The number of alkyl halides is 1.